The highest BCUT2D eigenvalue weighted by Crippen LogP contribution is 2.24. The van der Waals surface area contributed by atoms with Crippen LogP contribution in [0, 0.1) is 6.92 Å². The van der Waals surface area contributed by atoms with Gasteiger partial charge in [-0.1, -0.05) is 12.1 Å². The number of aromatic nitrogens is 3. The summed E-state index contributed by atoms with van der Waals surface area (Å²) in [7, 11) is 0. The Morgan fingerprint density at radius 3 is 3.00 bits per heavy atom. The lowest BCUT2D eigenvalue weighted by molar-refractivity contribution is 0.151. The van der Waals surface area contributed by atoms with Crippen molar-refractivity contribution < 1.29 is 0 Å². The molecule has 4 rings (SSSR count). The van der Waals surface area contributed by atoms with E-state index in [-0.39, 0.29) is 12.4 Å². The van der Waals surface area contributed by atoms with Crippen molar-refractivity contribution in [2.24, 2.45) is 0 Å². The number of fused-ring (bicyclic) bond motifs is 1. The lowest BCUT2D eigenvalue weighted by Gasteiger charge is -2.36. The van der Waals surface area contributed by atoms with Gasteiger partial charge in [-0.25, -0.2) is 4.98 Å². The van der Waals surface area contributed by atoms with Gasteiger partial charge >= 0.3 is 0 Å². The van der Waals surface area contributed by atoms with Crippen LogP contribution in [0.1, 0.15) is 22.9 Å². The van der Waals surface area contributed by atoms with Crippen molar-refractivity contribution in [2.45, 2.75) is 19.5 Å². The minimum Gasteiger partial charge on any atom is -0.314 e. The van der Waals surface area contributed by atoms with Crippen molar-refractivity contribution in [3.05, 3.63) is 65.9 Å². The predicted molar refractivity (Wildman–Crippen MR) is 97.4 cm³/mol. The van der Waals surface area contributed by atoms with Gasteiger partial charge in [-0.2, -0.15) is 0 Å². The third-order valence-corrected chi connectivity index (χ3v) is 4.60. The maximum atomic E-state index is 4.59. The Morgan fingerprint density at radius 1 is 1.25 bits per heavy atom. The fraction of sp³-hybridized carbons (Fsp3) is 0.333. The lowest BCUT2D eigenvalue weighted by Crippen LogP contribution is -2.45. The molecule has 24 heavy (non-hydrogen) atoms. The quantitative estimate of drug-likeness (QED) is 0.794. The number of aryl methyl sites for hydroxylation is 1. The first kappa shape index (κ1) is 16.9. The molecule has 1 unspecified atom stereocenters. The Morgan fingerprint density at radius 2 is 2.17 bits per heavy atom. The fourth-order valence-electron chi connectivity index (χ4n) is 3.36. The van der Waals surface area contributed by atoms with Gasteiger partial charge < -0.3 is 9.72 Å². The molecule has 5 nitrogen and oxygen atoms in total. The van der Waals surface area contributed by atoms with Crippen LogP contribution in [-0.2, 0) is 6.54 Å². The van der Waals surface area contributed by atoms with E-state index in [0.29, 0.717) is 6.04 Å². The zero-order chi connectivity index (χ0) is 15.6. The zero-order valence-corrected chi connectivity index (χ0v) is 14.5. The molecular formula is C18H22ClN5. The monoisotopic (exact) mass is 343 g/mol. The van der Waals surface area contributed by atoms with Gasteiger partial charge in [-0.15, -0.1) is 12.4 Å². The van der Waals surface area contributed by atoms with Crippen molar-refractivity contribution in [3.8, 4) is 0 Å². The van der Waals surface area contributed by atoms with E-state index in [9.17, 15) is 0 Å². The van der Waals surface area contributed by atoms with E-state index >= 15 is 0 Å². The van der Waals surface area contributed by atoms with Gasteiger partial charge in [-0.3, -0.25) is 9.88 Å². The molecule has 1 aliphatic rings. The summed E-state index contributed by atoms with van der Waals surface area (Å²) in [5.41, 5.74) is 4.77. The van der Waals surface area contributed by atoms with Gasteiger partial charge in [0.1, 0.15) is 5.65 Å². The first-order valence-corrected chi connectivity index (χ1v) is 8.09. The van der Waals surface area contributed by atoms with Crippen molar-refractivity contribution in [2.75, 3.05) is 19.6 Å². The van der Waals surface area contributed by atoms with E-state index < -0.39 is 0 Å². The van der Waals surface area contributed by atoms with Crippen LogP contribution in [0.15, 0.2) is 49.1 Å². The number of piperazine rings is 1. The second-order valence-electron chi connectivity index (χ2n) is 6.11. The van der Waals surface area contributed by atoms with Gasteiger partial charge in [0.15, 0.2) is 0 Å². The molecule has 1 atom stereocenters. The number of hydrogen-bond donors (Lipinski definition) is 1. The molecule has 4 heterocycles. The summed E-state index contributed by atoms with van der Waals surface area (Å²) in [6.45, 7) is 6.01. The number of pyridine rings is 2. The molecule has 0 spiro atoms. The number of rotatable bonds is 3. The highest BCUT2D eigenvalue weighted by Gasteiger charge is 2.24. The summed E-state index contributed by atoms with van der Waals surface area (Å²) in [6, 6.07) is 8.72. The minimum atomic E-state index is 0. The minimum absolute atomic E-state index is 0. The molecule has 0 bridgehead atoms. The Bertz CT molecular complexity index is 802. The molecule has 6 heteroatoms. The molecule has 126 valence electrons. The molecule has 0 radical (unpaired) electrons. The lowest BCUT2D eigenvalue weighted by atomic mass is 10.1. The largest absolute Gasteiger partial charge is 0.314 e. The number of nitrogens with zero attached hydrogens (tertiary/aromatic N) is 4. The van der Waals surface area contributed by atoms with Gasteiger partial charge in [0, 0.05) is 50.8 Å². The van der Waals surface area contributed by atoms with Crippen LogP contribution < -0.4 is 5.32 Å². The summed E-state index contributed by atoms with van der Waals surface area (Å²) in [4.78, 5) is 11.4. The summed E-state index contributed by atoms with van der Waals surface area (Å²) < 4.78 is 2.21. The highest BCUT2D eigenvalue weighted by atomic mass is 35.5. The molecule has 3 aromatic rings. The van der Waals surface area contributed by atoms with Crippen molar-refractivity contribution in [1.82, 2.24) is 24.6 Å². The van der Waals surface area contributed by atoms with Crippen LogP contribution in [0.5, 0.6) is 0 Å². The maximum Gasteiger partial charge on any atom is 0.139 e. The number of hydrogen-bond acceptors (Lipinski definition) is 4. The van der Waals surface area contributed by atoms with Gasteiger partial charge in [0.25, 0.3) is 0 Å². The average Bonchev–Trinajstić information content (AvgIpc) is 3.01. The molecule has 0 aromatic carbocycles. The maximum absolute atomic E-state index is 4.59. The highest BCUT2D eigenvalue weighted by molar-refractivity contribution is 5.85. The number of imidazole rings is 1. The van der Waals surface area contributed by atoms with Gasteiger partial charge in [0.2, 0.25) is 0 Å². The summed E-state index contributed by atoms with van der Waals surface area (Å²) in [5, 5.41) is 3.50. The van der Waals surface area contributed by atoms with E-state index in [0.717, 1.165) is 31.8 Å². The molecule has 0 amide bonds. The van der Waals surface area contributed by atoms with E-state index in [1.54, 1.807) is 0 Å². The molecule has 1 saturated heterocycles. The van der Waals surface area contributed by atoms with Crippen LogP contribution in [0.3, 0.4) is 0 Å². The summed E-state index contributed by atoms with van der Waals surface area (Å²) in [6.07, 6.45) is 7.91. The molecule has 1 aliphatic heterocycles. The van der Waals surface area contributed by atoms with Gasteiger partial charge in [-0.05, 0) is 30.2 Å². The zero-order valence-electron chi connectivity index (χ0n) is 13.7. The fourth-order valence-corrected chi connectivity index (χ4v) is 3.36. The van der Waals surface area contributed by atoms with Crippen LogP contribution in [0.2, 0.25) is 0 Å². The Hall–Kier alpha value is -1.95. The molecule has 1 N–H and O–H groups in total. The van der Waals surface area contributed by atoms with Crippen LogP contribution >= 0.6 is 12.4 Å². The van der Waals surface area contributed by atoms with Crippen LogP contribution in [0.25, 0.3) is 5.65 Å². The Kier molecular flexibility index (Phi) is 5.14. The summed E-state index contributed by atoms with van der Waals surface area (Å²) in [5.74, 6) is 0. The van der Waals surface area contributed by atoms with E-state index in [1.807, 2.05) is 24.7 Å². The van der Waals surface area contributed by atoms with Crippen molar-refractivity contribution in [3.63, 3.8) is 0 Å². The first-order chi connectivity index (χ1) is 11.3. The van der Waals surface area contributed by atoms with Crippen molar-refractivity contribution >= 4 is 18.1 Å². The third kappa shape index (κ3) is 3.15. The molecule has 0 aliphatic carbocycles. The second kappa shape index (κ2) is 7.30. The standard InChI is InChI=1S/C18H21N5.ClH/c1-14-4-3-8-23-16(11-21-18(14)23)13-22-9-7-20-12-17(22)15-5-2-6-19-10-15;/h2-6,8,10-11,17,20H,7,9,12-13H2,1H3;1H. The van der Waals surface area contributed by atoms with Crippen LogP contribution in [-0.4, -0.2) is 38.9 Å². The third-order valence-electron chi connectivity index (χ3n) is 4.60. The molecule has 3 aromatic heterocycles. The SMILES string of the molecule is Cc1cccn2c(CN3CCNCC3c3cccnc3)cnc12.Cl. The number of halogens is 1. The van der Waals surface area contributed by atoms with Gasteiger partial charge in [0.05, 0.1) is 11.9 Å². The topological polar surface area (TPSA) is 45.5 Å². The smallest absolute Gasteiger partial charge is 0.139 e. The van der Waals surface area contributed by atoms with Crippen LogP contribution in [0.4, 0.5) is 0 Å². The Labute approximate surface area is 148 Å². The van der Waals surface area contributed by atoms with Crippen molar-refractivity contribution in [1.29, 1.82) is 0 Å². The second-order valence-corrected chi connectivity index (χ2v) is 6.11. The Balaban J connectivity index is 0.00000169. The predicted octanol–water partition coefficient (Wildman–Crippen LogP) is 2.61. The van der Waals surface area contributed by atoms with E-state index in [2.05, 4.69) is 55.9 Å². The normalized spacial score (nSPS) is 18.5. The van der Waals surface area contributed by atoms with E-state index in [4.69, 9.17) is 0 Å². The molecular weight excluding hydrogens is 322 g/mol. The number of nitrogens with one attached hydrogen (secondary N) is 1. The summed E-state index contributed by atoms with van der Waals surface area (Å²) >= 11 is 0. The molecule has 0 saturated carbocycles. The first-order valence-electron chi connectivity index (χ1n) is 8.09. The van der Waals surface area contributed by atoms with E-state index in [1.165, 1.54) is 16.8 Å². The molecule has 1 fully saturated rings. The average molecular weight is 344 g/mol.